The molecule has 2 heterocycles. The molecule has 0 spiro atoms. The number of imidazole rings is 1. The van der Waals surface area contributed by atoms with Gasteiger partial charge in [0.15, 0.2) is 5.96 Å². The SMILES string of the molecule is CCNC(=NCc1cn2cc(Br)ccc2n1)NCCN(C)CCCOC. The van der Waals surface area contributed by atoms with Gasteiger partial charge in [-0.3, -0.25) is 0 Å². The number of aliphatic imine (C=N–C) groups is 1. The summed E-state index contributed by atoms with van der Waals surface area (Å²) in [5.41, 5.74) is 1.87. The highest BCUT2D eigenvalue weighted by Crippen LogP contribution is 2.12. The Morgan fingerprint density at radius 1 is 1.31 bits per heavy atom. The van der Waals surface area contributed by atoms with E-state index in [1.807, 2.05) is 28.9 Å². The Labute approximate surface area is 164 Å². The number of nitrogens with one attached hydrogen (secondary N) is 2. The highest BCUT2D eigenvalue weighted by molar-refractivity contribution is 9.10. The number of rotatable bonds is 10. The van der Waals surface area contributed by atoms with E-state index in [-0.39, 0.29) is 0 Å². The first kappa shape index (κ1) is 20.7. The highest BCUT2D eigenvalue weighted by atomic mass is 79.9. The molecule has 144 valence electrons. The summed E-state index contributed by atoms with van der Waals surface area (Å²) in [6.45, 7) is 7.06. The Kier molecular flexibility index (Phi) is 8.87. The first-order valence-electron chi connectivity index (χ1n) is 8.95. The van der Waals surface area contributed by atoms with Gasteiger partial charge in [0.1, 0.15) is 5.65 Å². The number of hydrogen-bond acceptors (Lipinski definition) is 4. The van der Waals surface area contributed by atoms with Gasteiger partial charge < -0.3 is 24.7 Å². The maximum absolute atomic E-state index is 5.09. The number of aromatic nitrogens is 2. The molecule has 0 amide bonds. The van der Waals surface area contributed by atoms with Gasteiger partial charge in [0, 0.05) is 56.8 Å². The summed E-state index contributed by atoms with van der Waals surface area (Å²) < 4.78 is 8.12. The van der Waals surface area contributed by atoms with Gasteiger partial charge >= 0.3 is 0 Å². The second kappa shape index (κ2) is 11.2. The maximum atomic E-state index is 5.09. The van der Waals surface area contributed by atoms with Crippen molar-refractivity contribution >= 4 is 27.5 Å². The van der Waals surface area contributed by atoms with Crippen LogP contribution in [0.5, 0.6) is 0 Å². The van der Waals surface area contributed by atoms with Gasteiger partial charge in [-0.05, 0) is 48.5 Å². The van der Waals surface area contributed by atoms with Gasteiger partial charge in [-0.1, -0.05) is 0 Å². The van der Waals surface area contributed by atoms with E-state index in [9.17, 15) is 0 Å². The second-order valence-corrected chi connectivity index (χ2v) is 7.03. The molecule has 26 heavy (non-hydrogen) atoms. The molecule has 0 saturated heterocycles. The summed E-state index contributed by atoms with van der Waals surface area (Å²) >= 11 is 3.48. The maximum Gasteiger partial charge on any atom is 0.191 e. The molecule has 2 rings (SSSR count). The van der Waals surface area contributed by atoms with Crippen molar-refractivity contribution in [1.82, 2.24) is 24.9 Å². The molecule has 0 bridgehead atoms. The molecule has 0 aliphatic heterocycles. The van der Waals surface area contributed by atoms with Crippen LogP contribution in [0.4, 0.5) is 0 Å². The van der Waals surface area contributed by atoms with Crippen molar-refractivity contribution in [2.45, 2.75) is 19.9 Å². The third-order valence-electron chi connectivity index (χ3n) is 3.88. The van der Waals surface area contributed by atoms with Crippen molar-refractivity contribution in [1.29, 1.82) is 0 Å². The van der Waals surface area contributed by atoms with E-state index in [0.29, 0.717) is 6.54 Å². The first-order valence-corrected chi connectivity index (χ1v) is 9.74. The molecule has 0 aromatic carbocycles. The van der Waals surface area contributed by atoms with Crippen molar-refractivity contribution in [3.05, 3.63) is 34.7 Å². The fraction of sp³-hybridized carbons (Fsp3) is 0.556. The van der Waals surface area contributed by atoms with Crippen molar-refractivity contribution in [3.63, 3.8) is 0 Å². The van der Waals surface area contributed by atoms with E-state index in [1.165, 1.54) is 0 Å². The van der Waals surface area contributed by atoms with Gasteiger partial charge in [-0.2, -0.15) is 0 Å². The second-order valence-electron chi connectivity index (χ2n) is 6.12. The zero-order valence-corrected chi connectivity index (χ0v) is 17.4. The summed E-state index contributed by atoms with van der Waals surface area (Å²) in [6.07, 6.45) is 5.06. The molecule has 0 fully saturated rings. The van der Waals surface area contributed by atoms with E-state index in [4.69, 9.17) is 4.74 Å². The van der Waals surface area contributed by atoms with Crippen molar-refractivity contribution in [2.75, 3.05) is 46.9 Å². The average Bonchev–Trinajstić information content (AvgIpc) is 3.02. The molecule has 2 aromatic rings. The Balaban J connectivity index is 1.85. The molecule has 7 nitrogen and oxygen atoms in total. The fourth-order valence-electron chi connectivity index (χ4n) is 2.55. The van der Waals surface area contributed by atoms with E-state index in [2.05, 4.69) is 55.4 Å². The molecule has 0 aliphatic rings. The van der Waals surface area contributed by atoms with Crippen LogP contribution in [0, 0.1) is 0 Å². The molecule has 0 unspecified atom stereocenters. The van der Waals surface area contributed by atoms with Crippen LogP contribution in [-0.4, -0.2) is 67.2 Å². The van der Waals surface area contributed by atoms with Crippen molar-refractivity contribution < 1.29 is 4.74 Å². The predicted molar refractivity (Wildman–Crippen MR) is 110 cm³/mol. The van der Waals surface area contributed by atoms with Gasteiger partial charge in [0.2, 0.25) is 0 Å². The zero-order valence-electron chi connectivity index (χ0n) is 15.8. The van der Waals surface area contributed by atoms with E-state index >= 15 is 0 Å². The van der Waals surface area contributed by atoms with Crippen LogP contribution in [0.3, 0.4) is 0 Å². The molecule has 0 atom stereocenters. The van der Waals surface area contributed by atoms with Crippen LogP contribution >= 0.6 is 15.9 Å². The van der Waals surface area contributed by atoms with Crippen LogP contribution in [0.2, 0.25) is 0 Å². The van der Waals surface area contributed by atoms with Gasteiger partial charge in [-0.25, -0.2) is 9.98 Å². The van der Waals surface area contributed by atoms with Crippen LogP contribution in [0.15, 0.2) is 34.0 Å². The van der Waals surface area contributed by atoms with Gasteiger partial charge in [0.05, 0.1) is 12.2 Å². The summed E-state index contributed by atoms with van der Waals surface area (Å²) in [4.78, 5) is 11.5. The summed E-state index contributed by atoms with van der Waals surface area (Å²) in [5, 5.41) is 6.66. The van der Waals surface area contributed by atoms with E-state index in [1.54, 1.807) is 7.11 Å². The zero-order chi connectivity index (χ0) is 18.8. The summed E-state index contributed by atoms with van der Waals surface area (Å²) in [5.74, 6) is 0.816. The van der Waals surface area contributed by atoms with E-state index in [0.717, 1.165) is 61.0 Å². The molecule has 0 saturated carbocycles. The average molecular weight is 425 g/mol. The lowest BCUT2D eigenvalue weighted by molar-refractivity contribution is 0.180. The summed E-state index contributed by atoms with van der Waals surface area (Å²) in [7, 11) is 3.86. The molecular formula is C18H29BrN6O. The molecule has 0 aliphatic carbocycles. The van der Waals surface area contributed by atoms with E-state index < -0.39 is 0 Å². The number of fused-ring (bicyclic) bond motifs is 1. The lowest BCUT2D eigenvalue weighted by Crippen LogP contribution is -2.41. The van der Waals surface area contributed by atoms with Gasteiger partial charge in [-0.15, -0.1) is 0 Å². The minimum Gasteiger partial charge on any atom is -0.385 e. The Morgan fingerprint density at radius 2 is 2.15 bits per heavy atom. The van der Waals surface area contributed by atoms with Crippen LogP contribution in [0.1, 0.15) is 19.0 Å². The lowest BCUT2D eigenvalue weighted by atomic mass is 10.4. The first-order chi connectivity index (χ1) is 12.6. The lowest BCUT2D eigenvalue weighted by Gasteiger charge is -2.18. The molecule has 8 heteroatoms. The molecule has 2 N–H and O–H groups in total. The number of hydrogen-bond donors (Lipinski definition) is 2. The smallest absolute Gasteiger partial charge is 0.191 e. The number of nitrogens with zero attached hydrogens (tertiary/aromatic N) is 4. The van der Waals surface area contributed by atoms with Crippen LogP contribution < -0.4 is 10.6 Å². The van der Waals surface area contributed by atoms with Crippen molar-refractivity contribution in [2.24, 2.45) is 4.99 Å². The number of pyridine rings is 1. The standard InChI is InChI=1S/C18H29BrN6O/c1-4-20-18(21-8-10-24(2)9-5-11-26-3)22-12-16-14-25-13-15(19)6-7-17(25)23-16/h6-7,13-14H,4-5,8-12H2,1-3H3,(H2,20,21,22). The van der Waals surface area contributed by atoms with Crippen LogP contribution in [0.25, 0.3) is 5.65 Å². The number of guanidine groups is 1. The predicted octanol–water partition coefficient (Wildman–Crippen LogP) is 2.12. The normalized spacial score (nSPS) is 12.1. The minimum absolute atomic E-state index is 0.540. The summed E-state index contributed by atoms with van der Waals surface area (Å²) in [6, 6.07) is 3.98. The number of likely N-dealkylation sites (N-methyl/N-ethyl adjacent to an activating group) is 1. The highest BCUT2D eigenvalue weighted by Gasteiger charge is 2.04. The fourth-order valence-corrected chi connectivity index (χ4v) is 2.90. The molecule has 2 aromatic heterocycles. The number of ether oxygens (including phenoxy) is 1. The topological polar surface area (TPSA) is 66.2 Å². The van der Waals surface area contributed by atoms with Crippen LogP contribution in [-0.2, 0) is 11.3 Å². The van der Waals surface area contributed by atoms with Crippen molar-refractivity contribution in [3.8, 4) is 0 Å². The number of halogens is 1. The Morgan fingerprint density at radius 3 is 2.92 bits per heavy atom. The number of methoxy groups -OCH3 is 1. The van der Waals surface area contributed by atoms with Gasteiger partial charge in [0.25, 0.3) is 0 Å². The molecular weight excluding hydrogens is 396 g/mol. The minimum atomic E-state index is 0.540. The Hall–Kier alpha value is -1.64. The third-order valence-corrected chi connectivity index (χ3v) is 4.35. The largest absolute Gasteiger partial charge is 0.385 e. The molecule has 0 radical (unpaired) electrons. The Bertz CT molecular complexity index is 702. The monoisotopic (exact) mass is 424 g/mol. The quantitative estimate of drug-likeness (QED) is 0.347. The third kappa shape index (κ3) is 6.93.